The zero-order valence-corrected chi connectivity index (χ0v) is 22.0. The number of halogens is 1. The molecule has 3 saturated heterocycles. The van der Waals surface area contributed by atoms with E-state index in [1.54, 1.807) is 18.2 Å². The lowest BCUT2D eigenvalue weighted by atomic mass is 9.98. The molecular weight excluding hydrogens is 498 g/mol. The number of hydrogen-bond donors (Lipinski definition) is 2. The van der Waals surface area contributed by atoms with Crippen LogP contribution in [0.15, 0.2) is 30.5 Å². The maximum Gasteiger partial charge on any atom is 0.256 e. The Balaban J connectivity index is 1.32. The van der Waals surface area contributed by atoms with Gasteiger partial charge in [-0.05, 0) is 50.8 Å². The van der Waals surface area contributed by atoms with Gasteiger partial charge in [0, 0.05) is 54.6 Å². The molecule has 3 aliphatic rings. The van der Waals surface area contributed by atoms with E-state index < -0.39 is 11.4 Å². The molecule has 4 atom stereocenters. The van der Waals surface area contributed by atoms with Crippen LogP contribution in [0.25, 0.3) is 5.65 Å². The molecule has 9 nitrogen and oxygen atoms in total. The quantitative estimate of drug-likeness (QED) is 0.491. The van der Waals surface area contributed by atoms with Crippen molar-refractivity contribution in [2.75, 3.05) is 35.5 Å². The lowest BCUT2D eigenvalue weighted by Gasteiger charge is -2.35. The summed E-state index contributed by atoms with van der Waals surface area (Å²) in [7, 11) is 0. The fraction of sp³-hybridized carbons (Fsp3) is 0.480. The molecule has 11 heteroatoms. The Bertz CT molecular complexity index is 1320. The molecule has 190 valence electrons. The van der Waals surface area contributed by atoms with E-state index in [0.717, 1.165) is 55.1 Å². The standard InChI is InChI=1S/C25H30ClN7O2S/c1-15-13-33-23(28-24(15)32-14-17-10-18(32)12-27-17)11-21(29-33)22-5-3-4-8-31(22)25(34)19-9-16(26)6-7-20(19)30-36(2)35/h6-7,9,11,13,17-18,22,27,30H,3-5,8,10,12,14H2,1-2H3. The highest BCUT2D eigenvalue weighted by Crippen LogP contribution is 2.35. The minimum Gasteiger partial charge on any atom is -0.593 e. The van der Waals surface area contributed by atoms with E-state index in [9.17, 15) is 9.35 Å². The van der Waals surface area contributed by atoms with Gasteiger partial charge in [0.05, 0.1) is 34.3 Å². The number of fused-ring (bicyclic) bond motifs is 3. The molecule has 0 aliphatic carbocycles. The number of aromatic nitrogens is 3. The van der Waals surface area contributed by atoms with Crippen LogP contribution >= 0.6 is 11.6 Å². The Hall–Kier alpha value is -2.53. The highest BCUT2D eigenvalue weighted by Gasteiger charge is 2.39. The minimum atomic E-state index is -1.31. The van der Waals surface area contributed by atoms with Crippen LogP contribution in [0.4, 0.5) is 11.5 Å². The molecule has 2 bridgehead atoms. The summed E-state index contributed by atoms with van der Waals surface area (Å²) in [6.07, 6.45) is 7.52. The second-order valence-corrected chi connectivity index (χ2v) is 11.6. The van der Waals surface area contributed by atoms with Crippen molar-refractivity contribution < 1.29 is 9.35 Å². The van der Waals surface area contributed by atoms with E-state index >= 15 is 0 Å². The lowest BCUT2D eigenvalue weighted by Crippen LogP contribution is -2.44. The molecular formula is C25H30ClN7O2S. The van der Waals surface area contributed by atoms with Crippen LogP contribution in [0.1, 0.15) is 53.3 Å². The lowest BCUT2D eigenvalue weighted by molar-refractivity contribution is 0.0607. The van der Waals surface area contributed by atoms with Crippen molar-refractivity contribution in [3.63, 3.8) is 0 Å². The maximum atomic E-state index is 13.8. The molecule has 0 radical (unpaired) electrons. The first kappa shape index (κ1) is 23.8. The van der Waals surface area contributed by atoms with Crippen LogP contribution in [-0.2, 0) is 11.4 Å². The molecule has 1 aromatic carbocycles. The fourth-order valence-corrected chi connectivity index (χ4v) is 6.53. The predicted molar refractivity (Wildman–Crippen MR) is 142 cm³/mol. The Labute approximate surface area is 218 Å². The van der Waals surface area contributed by atoms with E-state index in [1.807, 2.05) is 21.7 Å². The summed E-state index contributed by atoms with van der Waals surface area (Å²) in [6.45, 7) is 4.70. The number of hydrogen-bond acceptors (Lipinski definition) is 7. The number of nitrogens with one attached hydrogen (secondary N) is 2. The Morgan fingerprint density at radius 2 is 2.17 bits per heavy atom. The summed E-state index contributed by atoms with van der Waals surface area (Å²) in [5, 5.41) is 8.88. The number of nitrogens with zero attached hydrogens (tertiary/aromatic N) is 5. The summed E-state index contributed by atoms with van der Waals surface area (Å²) >= 11 is 4.93. The second-order valence-electron chi connectivity index (χ2n) is 10.0. The monoisotopic (exact) mass is 527 g/mol. The van der Waals surface area contributed by atoms with Crippen LogP contribution in [0.2, 0.25) is 5.02 Å². The second kappa shape index (κ2) is 9.41. The molecule has 0 saturated carbocycles. The highest BCUT2D eigenvalue weighted by atomic mass is 35.5. The van der Waals surface area contributed by atoms with Gasteiger partial charge >= 0.3 is 0 Å². The average molecular weight is 528 g/mol. The third-order valence-electron chi connectivity index (χ3n) is 7.52. The van der Waals surface area contributed by atoms with Crippen LogP contribution < -0.4 is 14.9 Å². The van der Waals surface area contributed by atoms with Crippen molar-refractivity contribution in [1.29, 1.82) is 0 Å². The first-order chi connectivity index (χ1) is 17.4. The summed E-state index contributed by atoms with van der Waals surface area (Å²) in [5.41, 5.74) is 3.67. The Morgan fingerprint density at radius 1 is 1.31 bits per heavy atom. The van der Waals surface area contributed by atoms with Crippen molar-refractivity contribution in [3.8, 4) is 0 Å². The molecule has 1 amide bonds. The average Bonchev–Trinajstić information content (AvgIpc) is 3.59. The van der Waals surface area contributed by atoms with Crippen LogP contribution in [0.5, 0.6) is 0 Å². The van der Waals surface area contributed by atoms with Gasteiger partial charge in [0.1, 0.15) is 12.1 Å². The number of benzene rings is 1. The van der Waals surface area contributed by atoms with E-state index in [0.29, 0.717) is 34.9 Å². The third kappa shape index (κ3) is 4.30. The maximum absolute atomic E-state index is 13.8. The van der Waals surface area contributed by atoms with Gasteiger partial charge in [-0.3, -0.25) is 4.79 Å². The van der Waals surface area contributed by atoms with Crippen molar-refractivity contribution in [3.05, 3.63) is 52.3 Å². The molecule has 2 N–H and O–H groups in total. The van der Waals surface area contributed by atoms with Crippen molar-refractivity contribution in [2.45, 2.75) is 50.7 Å². The van der Waals surface area contributed by atoms with Gasteiger partial charge in [-0.15, -0.1) is 0 Å². The van der Waals surface area contributed by atoms with E-state index in [2.05, 4.69) is 21.9 Å². The van der Waals surface area contributed by atoms with Crippen molar-refractivity contribution in [2.24, 2.45) is 0 Å². The zero-order chi connectivity index (χ0) is 25.0. The largest absolute Gasteiger partial charge is 0.593 e. The third-order valence-corrected chi connectivity index (χ3v) is 8.27. The molecule has 3 aromatic rings. The summed E-state index contributed by atoms with van der Waals surface area (Å²) in [5.74, 6) is 0.888. The van der Waals surface area contributed by atoms with Gasteiger partial charge in [-0.25, -0.2) is 14.2 Å². The smallest absolute Gasteiger partial charge is 0.256 e. The topological polar surface area (TPSA) is 101 Å². The highest BCUT2D eigenvalue weighted by molar-refractivity contribution is 7.92. The number of piperidine rings is 1. The van der Waals surface area contributed by atoms with Crippen LogP contribution in [0.3, 0.4) is 0 Å². The molecule has 0 spiro atoms. The van der Waals surface area contributed by atoms with Crippen molar-refractivity contribution >= 4 is 46.0 Å². The zero-order valence-electron chi connectivity index (χ0n) is 20.4. The van der Waals surface area contributed by atoms with Crippen molar-refractivity contribution in [1.82, 2.24) is 24.8 Å². The number of amides is 1. The normalized spacial score (nSPS) is 24.5. The fourth-order valence-electron chi connectivity index (χ4n) is 5.87. The number of carbonyl (C=O) groups excluding carboxylic acids is 1. The molecule has 5 heterocycles. The van der Waals surface area contributed by atoms with Gasteiger partial charge in [-0.1, -0.05) is 11.6 Å². The number of rotatable bonds is 5. The number of piperazine rings is 1. The molecule has 6 rings (SSSR count). The first-order valence-corrected chi connectivity index (χ1v) is 14.4. The van der Waals surface area contributed by atoms with E-state index in [-0.39, 0.29) is 11.9 Å². The predicted octanol–water partition coefficient (Wildman–Crippen LogP) is 3.31. The van der Waals surface area contributed by atoms with Crippen LogP contribution in [0, 0.1) is 6.92 Å². The van der Waals surface area contributed by atoms with Gasteiger partial charge in [-0.2, -0.15) is 5.10 Å². The van der Waals surface area contributed by atoms with Gasteiger partial charge in [0.2, 0.25) is 0 Å². The van der Waals surface area contributed by atoms with Crippen LogP contribution in [-0.4, -0.2) is 67.9 Å². The first-order valence-electron chi connectivity index (χ1n) is 12.4. The van der Waals surface area contributed by atoms with Gasteiger partial charge < -0.3 is 19.7 Å². The minimum absolute atomic E-state index is 0.141. The summed E-state index contributed by atoms with van der Waals surface area (Å²) in [6, 6.07) is 7.94. The summed E-state index contributed by atoms with van der Waals surface area (Å²) < 4.78 is 16.6. The summed E-state index contributed by atoms with van der Waals surface area (Å²) in [4.78, 5) is 23.1. The molecule has 2 aromatic heterocycles. The Morgan fingerprint density at radius 3 is 2.92 bits per heavy atom. The van der Waals surface area contributed by atoms with E-state index in [4.69, 9.17) is 21.7 Å². The Kier molecular flexibility index (Phi) is 6.23. The number of aryl methyl sites for hydroxylation is 1. The number of anilines is 2. The van der Waals surface area contributed by atoms with Gasteiger partial charge in [0.15, 0.2) is 5.65 Å². The van der Waals surface area contributed by atoms with Gasteiger partial charge in [0.25, 0.3) is 5.91 Å². The molecule has 36 heavy (non-hydrogen) atoms. The molecule has 3 aliphatic heterocycles. The molecule has 4 unspecified atom stereocenters. The number of carbonyl (C=O) groups is 1. The SMILES string of the molecule is Cc1cn2nc(C3CCCCN3C(=O)c3cc(Cl)ccc3N[S+](C)[O-])cc2nc1N1CC2CC1CN2. The number of likely N-dealkylation sites (tertiary alicyclic amines) is 1. The molecule has 3 fully saturated rings. The van der Waals surface area contributed by atoms with E-state index in [1.165, 1.54) is 12.7 Å².